The van der Waals surface area contributed by atoms with Crippen LogP contribution in [0.15, 0.2) is 54.7 Å². The van der Waals surface area contributed by atoms with Gasteiger partial charge in [0.05, 0.1) is 18.4 Å². The summed E-state index contributed by atoms with van der Waals surface area (Å²) in [5.41, 5.74) is 2.10. The number of benzene rings is 2. The van der Waals surface area contributed by atoms with Crippen LogP contribution in [-0.4, -0.2) is 45.7 Å². The molecule has 154 valence electrons. The largest absolute Gasteiger partial charge is 0.496 e. The van der Waals surface area contributed by atoms with E-state index >= 15 is 0 Å². The zero-order valence-corrected chi connectivity index (χ0v) is 16.2. The van der Waals surface area contributed by atoms with Crippen molar-refractivity contribution < 1.29 is 29.3 Å². The molecule has 1 unspecified atom stereocenters. The molecule has 0 aliphatic carbocycles. The number of carbonyl (C=O) groups excluding carboxylic acids is 1. The first kappa shape index (κ1) is 20.9. The minimum absolute atomic E-state index is 0.0846. The predicted molar refractivity (Wildman–Crippen MR) is 108 cm³/mol. The highest BCUT2D eigenvalue weighted by molar-refractivity contribution is 5.76. The van der Waals surface area contributed by atoms with Crippen molar-refractivity contribution in [2.75, 3.05) is 7.11 Å². The Balaban J connectivity index is 1.82. The van der Waals surface area contributed by atoms with Crippen LogP contribution in [0.25, 0.3) is 11.4 Å². The maximum atomic E-state index is 11.0. The monoisotopic (exact) mass is 408 g/mol. The zero-order chi connectivity index (χ0) is 21.5. The van der Waals surface area contributed by atoms with Crippen molar-refractivity contribution in [3.05, 3.63) is 71.5 Å². The van der Waals surface area contributed by atoms with Crippen molar-refractivity contribution in [2.24, 2.45) is 0 Å². The number of para-hydroxylation sites is 1. The predicted octanol–water partition coefficient (Wildman–Crippen LogP) is 2.53. The van der Waals surface area contributed by atoms with Crippen LogP contribution >= 0.6 is 0 Å². The summed E-state index contributed by atoms with van der Waals surface area (Å²) < 4.78 is 11.2. The van der Waals surface area contributed by atoms with E-state index in [4.69, 9.17) is 14.6 Å². The molecule has 0 spiro atoms. The number of hydrogen-bond acceptors (Lipinski definition) is 7. The quantitative estimate of drug-likeness (QED) is 0.519. The summed E-state index contributed by atoms with van der Waals surface area (Å²) in [7, 11) is 1.57. The lowest BCUT2D eigenvalue weighted by Gasteiger charge is -2.14. The fourth-order valence-electron chi connectivity index (χ4n) is 2.86. The third-order valence-corrected chi connectivity index (χ3v) is 4.36. The number of ether oxygens (including phenoxy) is 2. The van der Waals surface area contributed by atoms with Gasteiger partial charge in [0.15, 0.2) is 11.9 Å². The van der Waals surface area contributed by atoms with Gasteiger partial charge in [-0.05, 0) is 42.0 Å². The highest BCUT2D eigenvalue weighted by Gasteiger charge is 2.17. The van der Waals surface area contributed by atoms with Crippen LogP contribution in [0.1, 0.15) is 21.6 Å². The van der Waals surface area contributed by atoms with Gasteiger partial charge in [-0.1, -0.05) is 12.1 Å². The summed E-state index contributed by atoms with van der Waals surface area (Å²) >= 11 is 0. The average molecular weight is 408 g/mol. The molecule has 30 heavy (non-hydrogen) atoms. The Morgan fingerprint density at radius 1 is 1.17 bits per heavy atom. The molecule has 0 aliphatic heterocycles. The molecule has 2 N–H and O–H groups in total. The first-order chi connectivity index (χ1) is 14.5. The van der Waals surface area contributed by atoms with Crippen molar-refractivity contribution in [3.63, 3.8) is 0 Å². The van der Waals surface area contributed by atoms with E-state index in [2.05, 4.69) is 9.97 Å². The number of hydrogen-bond donors (Lipinski definition) is 2. The Morgan fingerprint density at radius 3 is 2.70 bits per heavy atom. The molecule has 3 rings (SSSR count). The molecule has 3 aromatic rings. The van der Waals surface area contributed by atoms with Gasteiger partial charge in [0.2, 0.25) is 0 Å². The van der Waals surface area contributed by atoms with Crippen LogP contribution in [0, 0.1) is 0 Å². The van der Waals surface area contributed by atoms with E-state index < -0.39 is 12.1 Å². The first-order valence-corrected chi connectivity index (χ1v) is 9.09. The van der Waals surface area contributed by atoms with E-state index in [0.717, 1.165) is 5.56 Å². The Morgan fingerprint density at radius 2 is 1.97 bits per heavy atom. The van der Waals surface area contributed by atoms with Gasteiger partial charge in [-0.15, -0.1) is 0 Å². The minimum Gasteiger partial charge on any atom is -0.496 e. The second-order valence-electron chi connectivity index (χ2n) is 6.40. The zero-order valence-electron chi connectivity index (χ0n) is 16.2. The molecule has 0 saturated carbocycles. The Kier molecular flexibility index (Phi) is 6.71. The molecule has 0 aliphatic rings. The van der Waals surface area contributed by atoms with Gasteiger partial charge in [0.1, 0.15) is 24.4 Å². The Hall–Kier alpha value is -3.78. The Bertz CT molecular complexity index is 1050. The summed E-state index contributed by atoms with van der Waals surface area (Å²) in [6.45, 7) is 0.0846. The second kappa shape index (κ2) is 9.62. The van der Waals surface area contributed by atoms with Crippen LogP contribution in [0.2, 0.25) is 0 Å². The summed E-state index contributed by atoms with van der Waals surface area (Å²) in [5.74, 6) is 0.129. The number of methoxy groups -OCH3 is 1. The fourth-order valence-corrected chi connectivity index (χ4v) is 2.86. The van der Waals surface area contributed by atoms with Crippen molar-refractivity contribution >= 4 is 12.3 Å². The van der Waals surface area contributed by atoms with Crippen LogP contribution < -0.4 is 9.47 Å². The normalized spacial score (nSPS) is 11.5. The van der Waals surface area contributed by atoms with Crippen molar-refractivity contribution in [3.8, 4) is 22.9 Å². The molecule has 0 radical (unpaired) electrons. The number of carboxylic acids is 1. The standard InChI is InChI=1S/C22H20N2O6/c1-29-20-5-3-2-4-17(20)21-23-9-8-16(24-21)13-30-19-7-6-14(12-25)10-15(19)11-18(26)22(27)28/h2-10,12,18,26H,11,13H2,1H3,(H,27,28). The Labute approximate surface area is 172 Å². The molecule has 1 heterocycles. The maximum Gasteiger partial charge on any atom is 0.332 e. The molecule has 0 saturated heterocycles. The average Bonchev–Trinajstić information content (AvgIpc) is 2.78. The molecule has 0 amide bonds. The van der Waals surface area contributed by atoms with E-state index in [9.17, 15) is 14.7 Å². The van der Waals surface area contributed by atoms with Crippen molar-refractivity contribution in [1.29, 1.82) is 0 Å². The molecular formula is C22H20N2O6. The lowest BCUT2D eigenvalue weighted by atomic mass is 10.0. The van der Waals surface area contributed by atoms with Gasteiger partial charge in [-0.25, -0.2) is 14.8 Å². The molecular weight excluding hydrogens is 388 g/mol. The van der Waals surface area contributed by atoms with Crippen LogP contribution in [0.4, 0.5) is 0 Å². The van der Waals surface area contributed by atoms with E-state index in [1.165, 1.54) is 6.07 Å². The number of aromatic nitrogens is 2. The summed E-state index contributed by atoms with van der Waals surface area (Å²) in [4.78, 5) is 30.8. The lowest BCUT2D eigenvalue weighted by Crippen LogP contribution is -2.22. The third-order valence-electron chi connectivity index (χ3n) is 4.36. The summed E-state index contributed by atoms with van der Waals surface area (Å²) in [5, 5.41) is 18.7. The molecule has 2 aromatic carbocycles. The third kappa shape index (κ3) is 4.98. The number of aliphatic hydroxyl groups is 1. The molecule has 0 bridgehead atoms. The van der Waals surface area contributed by atoms with E-state index in [1.807, 2.05) is 24.3 Å². The minimum atomic E-state index is -1.61. The van der Waals surface area contributed by atoms with Gasteiger partial charge >= 0.3 is 5.97 Å². The van der Waals surface area contributed by atoms with E-state index in [1.54, 1.807) is 31.5 Å². The molecule has 1 atom stereocenters. The highest BCUT2D eigenvalue weighted by atomic mass is 16.5. The molecule has 1 aromatic heterocycles. The van der Waals surface area contributed by atoms with Crippen LogP contribution in [-0.2, 0) is 17.8 Å². The van der Waals surface area contributed by atoms with Gasteiger partial charge in [0.25, 0.3) is 0 Å². The van der Waals surface area contributed by atoms with Crippen LogP contribution in [0.3, 0.4) is 0 Å². The fraction of sp³-hybridized carbons (Fsp3) is 0.182. The number of nitrogens with zero attached hydrogens (tertiary/aromatic N) is 2. The van der Waals surface area contributed by atoms with Gasteiger partial charge in [-0.2, -0.15) is 0 Å². The molecule has 8 nitrogen and oxygen atoms in total. The van der Waals surface area contributed by atoms with Crippen molar-refractivity contribution in [1.82, 2.24) is 9.97 Å². The SMILES string of the molecule is COc1ccccc1-c1nccc(COc2ccc(C=O)cc2CC(O)C(=O)O)n1. The summed E-state index contributed by atoms with van der Waals surface area (Å²) in [6, 6.07) is 13.7. The van der Waals surface area contributed by atoms with Gasteiger partial charge in [-0.3, -0.25) is 4.79 Å². The van der Waals surface area contributed by atoms with Gasteiger partial charge in [0, 0.05) is 18.2 Å². The topological polar surface area (TPSA) is 119 Å². The van der Waals surface area contributed by atoms with Gasteiger partial charge < -0.3 is 19.7 Å². The van der Waals surface area contributed by atoms with E-state index in [-0.39, 0.29) is 13.0 Å². The number of carbonyl (C=O) groups is 2. The lowest BCUT2D eigenvalue weighted by molar-refractivity contribution is -0.146. The molecule has 8 heteroatoms. The van der Waals surface area contributed by atoms with Crippen LogP contribution in [0.5, 0.6) is 11.5 Å². The number of aldehydes is 1. The smallest absolute Gasteiger partial charge is 0.332 e. The first-order valence-electron chi connectivity index (χ1n) is 9.09. The maximum absolute atomic E-state index is 11.0. The van der Waals surface area contributed by atoms with E-state index in [0.29, 0.717) is 40.4 Å². The second-order valence-corrected chi connectivity index (χ2v) is 6.40. The molecule has 0 fully saturated rings. The van der Waals surface area contributed by atoms with Crippen molar-refractivity contribution in [2.45, 2.75) is 19.1 Å². The number of aliphatic carboxylic acids is 1. The number of aliphatic hydroxyl groups excluding tert-OH is 1. The number of carboxylic acid groups (broad SMARTS) is 1. The highest BCUT2D eigenvalue weighted by Crippen LogP contribution is 2.27. The number of rotatable bonds is 9. The summed E-state index contributed by atoms with van der Waals surface area (Å²) in [6.07, 6.45) is 0.454.